The summed E-state index contributed by atoms with van der Waals surface area (Å²) in [5, 5.41) is 6.18. The van der Waals surface area contributed by atoms with E-state index in [0.717, 1.165) is 0 Å². The Morgan fingerprint density at radius 1 is 1.50 bits per heavy atom. The van der Waals surface area contributed by atoms with Crippen LogP contribution in [0.2, 0.25) is 0 Å². The molecule has 0 aliphatic heterocycles. The predicted molar refractivity (Wildman–Crippen MR) is 56.5 cm³/mol. The highest BCUT2D eigenvalue weighted by molar-refractivity contribution is 7.08. The molecule has 4 heteroatoms. The van der Waals surface area contributed by atoms with E-state index >= 15 is 0 Å². The van der Waals surface area contributed by atoms with Crippen LogP contribution >= 0.6 is 11.3 Å². The van der Waals surface area contributed by atoms with Crippen molar-refractivity contribution in [3.8, 4) is 0 Å². The molecule has 0 bridgehead atoms. The molecule has 76 valence electrons. The molecule has 1 heterocycles. The zero-order valence-corrected chi connectivity index (χ0v) is 9.06. The molecule has 1 aromatic rings. The summed E-state index contributed by atoms with van der Waals surface area (Å²) < 4.78 is 0. The van der Waals surface area contributed by atoms with Gasteiger partial charge in [0.15, 0.2) is 5.78 Å². The minimum atomic E-state index is -0.180. The molecule has 0 saturated carbocycles. The largest absolute Gasteiger partial charge is 0.345 e. The zero-order chi connectivity index (χ0) is 10.6. The summed E-state index contributed by atoms with van der Waals surface area (Å²) in [6.45, 7) is 3.75. The Labute approximate surface area is 87.1 Å². The predicted octanol–water partition coefficient (Wildman–Crippen LogP) is 1.70. The van der Waals surface area contributed by atoms with Gasteiger partial charge < -0.3 is 5.32 Å². The van der Waals surface area contributed by atoms with Crippen LogP contribution in [-0.4, -0.2) is 18.2 Å². The van der Waals surface area contributed by atoms with Gasteiger partial charge in [-0.15, -0.1) is 0 Å². The summed E-state index contributed by atoms with van der Waals surface area (Å²) in [6, 6.07) is 1.74. The number of rotatable bonds is 4. The van der Waals surface area contributed by atoms with Gasteiger partial charge in [0.05, 0.1) is 6.54 Å². The van der Waals surface area contributed by atoms with Gasteiger partial charge in [0.25, 0.3) is 5.91 Å². The average Bonchev–Trinajstić information content (AvgIpc) is 2.66. The Morgan fingerprint density at radius 2 is 2.21 bits per heavy atom. The Morgan fingerprint density at radius 3 is 2.71 bits per heavy atom. The molecule has 14 heavy (non-hydrogen) atoms. The van der Waals surface area contributed by atoms with Crippen LogP contribution in [0.4, 0.5) is 0 Å². The lowest BCUT2D eigenvalue weighted by Gasteiger charge is -2.05. The van der Waals surface area contributed by atoms with E-state index in [1.165, 1.54) is 11.3 Å². The molecule has 1 amide bonds. The van der Waals surface area contributed by atoms with E-state index in [4.69, 9.17) is 0 Å². The minimum absolute atomic E-state index is 0.0298. The summed E-state index contributed by atoms with van der Waals surface area (Å²) in [5.41, 5.74) is 0.617. The van der Waals surface area contributed by atoms with Crippen LogP contribution in [0.1, 0.15) is 24.2 Å². The van der Waals surface area contributed by atoms with E-state index in [1.807, 2.05) is 19.2 Å². The Bertz CT molecular complexity index is 317. The van der Waals surface area contributed by atoms with Crippen molar-refractivity contribution in [2.24, 2.45) is 5.92 Å². The van der Waals surface area contributed by atoms with Crippen molar-refractivity contribution in [1.82, 2.24) is 5.32 Å². The lowest BCUT2D eigenvalue weighted by molar-refractivity contribution is -0.120. The highest BCUT2D eigenvalue weighted by atomic mass is 32.1. The molecule has 1 N–H and O–H groups in total. The van der Waals surface area contributed by atoms with Crippen molar-refractivity contribution in [2.45, 2.75) is 13.8 Å². The van der Waals surface area contributed by atoms with E-state index in [1.54, 1.807) is 11.4 Å². The van der Waals surface area contributed by atoms with E-state index < -0.39 is 0 Å². The smallest absolute Gasteiger partial charge is 0.252 e. The number of Topliss-reactive ketones (excluding diaryl/α,β-unsaturated/α-hetero) is 1. The van der Waals surface area contributed by atoms with Crippen molar-refractivity contribution in [1.29, 1.82) is 0 Å². The van der Waals surface area contributed by atoms with Gasteiger partial charge in [-0.1, -0.05) is 13.8 Å². The molecular formula is C10H13NO2S. The van der Waals surface area contributed by atoms with E-state index in [2.05, 4.69) is 5.32 Å². The number of thiophene rings is 1. The third kappa shape index (κ3) is 2.96. The summed E-state index contributed by atoms with van der Waals surface area (Å²) in [7, 11) is 0. The van der Waals surface area contributed by atoms with Gasteiger partial charge in [-0.25, -0.2) is 0 Å². The molecular weight excluding hydrogens is 198 g/mol. The summed E-state index contributed by atoms with van der Waals surface area (Å²) in [6.07, 6.45) is 0. The Kier molecular flexibility index (Phi) is 3.83. The van der Waals surface area contributed by atoms with Crippen molar-refractivity contribution < 1.29 is 9.59 Å². The van der Waals surface area contributed by atoms with Crippen LogP contribution in [0, 0.1) is 5.92 Å². The molecule has 1 rings (SSSR count). The monoisotopic (exact) mass is 211 g/mol. The first-order valence-corrected chi connectivity index (χ1v) is 5.38. The average molecular weight is 211 g/mol. The van der Waals surface area contributed by atoms with Gasteiger partial charge in [0.2, 0.25) is 0 Å². The first-order chi connectivity index (χ1) is 6.61. The third-order valence-electron chi connectivity index (χ3n) is 1.85. The lowest BCUT2D eigenvalue weighted by Crippen LogP contribution is -2.31. The first kappa shape index (κ1) is 10.9. The number of nitrogens with one attached hydrogen (secondary N) is 1. The molecule has 0 aliphatic carbocycles. The summed E-state index contributed by atoms with van der Waals surface area (Å²) in [5.74, 6) is -0.161. The topological polar surface area (TPSA) is 46.2 Å². The normalized spacial score (nSPS) is 10.2. The fraction of sp³-hybridized carbons (Fsp3) is 0.400. The standard InChI is InChI=1S/C10H13NO2S/c1-7(2)9(12)5-11-10(13)8-3-4-14-6-8/h3-4,6-7H,5H2,1-2H3,(H,11,13). The maximum absolute atomic E-state index is 11.4. The molecule has 3 nitrogen and oxygen atoms in total. The maximum atomic E-state index is 11.4. The van der Waals surface area contributed by atoms with Crippen LogP contribution in [0.3, 0.4) is 0 Å². The maximum Gasteiger partial charge on any atom is 0.252 e. The Hall–Kier alpha value is -1.16. The molecule has 0 spiro atoms. The molecule has 0 fully saturated rings. The second kappa shape index (κ2) is 4.91. The fourth-order valence-corrected chi connectivity index (χ4v) is 1.50. The summed E-state index contributed by atoms with van der Waals surface area (Å²) >= 11 is 1.46. The number of ketones is 1. The van der Waals surface area contributed by atoms with Gasteiger partial charge in [0.1, 0.15) is 0 Å². The van der Waals surface area contributed by atoms with Crippen molar-refractivity contribution >= 4 is 23.0 Å². The third-order valence-corrected chi connectivity index (χ3v) is 2.53. The van der Waals surface area contributed by atoms with Crippen molar-refractivity contribution in [2.75, 3.05) is 6.54 Å². The SMILES string of the molecule is CC(C)C(=O)CNC(=O)c1ccsc1. The molecule has 0 aliphatic rings. The van der Waals surface area contributed by atoms with Gasteiger partial charge in [-0.3, -0.25) is 9.59 Å². The van der Waals surface area contributed by atoms with Gasteiger partial charge >= 0.3 is 0 Å². The minimum Gasteiger partial charge on any atom is -0.345 e. The van der Waals surface area contributed by atoms with E-state index in [9.17, 15) is 9.59 Å². The number of hydrogen-bond acceptors (Lipinski definition) is 3. The van der Waals surface area contributed by atoms with Crippen LogP contribution in [0.25, 0.3) is 0 Å². The summed E-state index contributed by atoms with van der Waals surface area (Å²) in [4.78, 5) is 22.6. The van der Waals surface area contributed by atoms with Crippen LogP contribution in [0.5, 0.6) is 0 Å². The van der Waals surface area contributed by atoms with Crippen molar-refractivity contribution in [3.05, 3.63) is 22.4 Å². The molecule has 0 radical (unpaired) electrons. The Balaban J connectivity index is 2.40. The second-order valence-electron chi connectivity index (χ2n) is 3.32. The zero-order valence-electron chi connectivity index (χ0n) is 8.24. The first-order valence-electron chi connectivity index (χ1n) is 4.44. The van der Waals surface area contributed by atoms with Gasteiger partial charge in [-0.2, -0.15) is 11.3 Å². The molecule has 0 aromatic carbocycles. The molecule has 0 atom stereocenters. The van der Waals surface area contributed by atoms with Gasteiger partial charge in [0, 0.05) is 16.9 Å². The number of carbonyl (C=O) groups excluding carboxylic acids is 2. The molecule has 0 saturated heterocycles. The van der Waals surface area contributed by atoms with E-state index in [0.29, 0.717) is 5.56 Å². The lowest BCUT2D eigenvalue weighted by atomic mass is 10.1. The van der Waals surface area contributed by atoms with Crippen LogP contribution < -0.4 is 5.32 Å². The fourth-order valence-electron chi connectivity index (χ4n) is 0.867. The van der Waals surface area contributed by atoms with Gasteiger partial charge in [-0.05, 0) is 11.4 Å². The van der Waals surface area contributed by atoms with Crippen LogP contribution in [-0.2, 0) is 4.79 Å². The quantitative estimate of drug-likeness (QED) is 0.824. The molecule has 0 unspecified atom stereocenters. The molecule has 1 aromatic heterocycles. The van der Waals surface area contributed by atoms with E-state index in [-0.39, 0.29) is 24.2 Å². The second-order valence-corrected chi connectivity index (χ2v) is 4.10. The number of amides is 1. The number of carbonyl (C=O) groups is 2. The highest BCUT2D eigenvalue weighted by Crippen LogP contribution is 2.05. The number of hydrogen-bond donors (Lipinski definition) is 1. The van der Waals surface area contributed by atoms with Crippen molar-refractivity contribution in [3.63, 3.8) is 0 Å². The highest BCUT2D eigenvalue weighted by Gasteiger charge is 2.10. The van der Waals surface area contributed by atoms with Crippen LogP contribution in [0.15, 0.2) is 16.8 Å².